The predicted molar refractivity (Wildman–Crippen MR) is 104 cm³/mol. The van der Waals surface area contributed by atoms with Gasteiger partial charge in [0.1, 0.15) is 0 Å². The molecule has 2 aromatic rings. The van der Waals surface area contributed by atoms with Crippen LogP contribution in [0.5, 0.6) is 0 Å². The molecule has 23 heavy (non-hydrogen) atoms. The second kappa shape index (κ2) is 4.83. The summed E-state index contributed by atoms with van der Waals surface area (Å²) >= 11 is 3.66. The van der Waals surface area contributed by atoms with E-state index in [1.807, 2.05) is 0 Å². The highest BCUT2D eigenvalue weighted by Crippen LogP contribution is 2.51. The molecule has 0 heterocycles. The molecule has 0 bridgehead atoms. The lowest BCUT2D eigenvalue weighted by Crippen LogP contribution is -2.27. The lowest BCUT2D eigenvalue weighted by Gasteiger charge is -2.40. The van der Waals surface area contributed by atoms with Gasteiger partial charge in [-0.15, -0.1) is 0 Å². The van der Waals surface area contributed by atoms with E-state index in [4.69, 9.17) is 0 Å². The van der Waals surface area contributed by atoms with Crippen LogP contribution in [-0.4, -0.2) is 0 Å². The van der Waals surface area contributed by atoms with E-state index >= 15 is 0 Å². The standard InChI is InChI=1S/C22H23Br/c1-21(2)10-9-17-15(12-21)13-22(3,4)20-18(17)8-6-14-5-7-16(23)11-19(14)20/h5-11H,12-13H2,1-4H3. The Hall–Kier alpha value is -1.34. The first-order valence-corrected chi connectivity index (χ1v) is 9.21. The van der Waals surface area contributed by atoms with Gasteiger partial charge in [-0.2, -0.15) is 0 Å². The van der Waals surface area contributed by atoms with E-state index in [1.165, 1.54) is 33.9 Å². The van der Waals surface area contributed by atoms with Crippen molar-refractivity contribution in [2.75, 3.05) is 0 Å². The topological polar surface area (TPSA) is 0 Å². The fourth-order valence-corrected chi connectivity index (χ4v) is 4.80. The monoisotopic (exact) mass is 366 g/mol. The molecule has 0 fully saturated rings. The molecular weight excluding hydrogens is 344 g/mol. The number of fused-ring (bicyclic) bond motifs is 4. The molecule has 0 atom stereocenters. The number of halogens is 1. The largest absolute Gasteiger partial charge is 0.0779 e. The molecule has 0 unspecified atom stereocenters. The molecule has 118 valence electrons. The van der Waals surface area contributed by atoms with Crippen molar-refractivity contribution in [3.63, 3.8) is 0 Å². The van der Waals surface area contributed by atoms with E-state index in [1.54, 1.807) is 5.57 Å². The zero-order valence-electron chi connectivity index (χ0n) is 14.3. The van der Waals surface area contributed by atoms with Gasteiger partial charge >= 0.3 is 0 Å². The second-order valence-electron chi connectivity index (χ2n) is 8.43. The fraction of sp³-hybridized carbons (Fsp3) is 0.364. The van der Waals surface area contributed by atoms with Crippen molar-refractivity contribution in [2.24, 2.45) is 5.41 Å². The van der Waals surface area contributed by atoms with Gasteiger partial charge in [-0.25, -0.2) is 0 Å². The maximum absolute atomic E-state index is 3.66. The first kappa shape index (κ1) is 15.2. The first-order valence-electron chi connectivity index (χ1n) is 8.41. The number of rotatable bonds is 0. The average molecular weight is 367 g/mol. The number of benzene rings is 2. The lowest BCUT2D eigenvalue weighted by atomic mass is 9.64. The van der Waals surface area contributed by atoms with Crippen molar-refractivity contribution in [1.29, 1.82) is 0 Å². The summed E-state index contributed by atoms with van der Waals surface area (Å²) in [5.41, 5.74) is 6.51. The van der Waals surface area contributed by atoms with E-state index in [0.717, 1.165) is 10.9 Å². The van der Waals surface area contributed by atoms with Gasteiger partial charge in [-0.1, -0.05) is 79.5 Å². The summed E-state index contributed by atoms with van der Waals surface area (Å²) in [6.45, 7) is 9.49. The van der Waals surface area contributed by atoms with E-state index in [2.05, 4.69) is 86.1 Å². The number of hydrogen-bond acceptors (Lipinski definition) is 0. The third kappa shape index (κ3) is 2.41. The molecule has 1 heteroatoms. The zero-order chi connectivity index (χ0) is 16.4. The first-order chi connectivity index (χ1) is 10.8. The zero-order valence-corrected chi connectivity index (χ0v) is 15.9. The Morgan fingerprint density at radius 2 is 1.70 bits per heavy atom. The van der Waals surface area contributed by atoms with E-state index in [0.29, 0.717) is 0 Å². The summed E-state index contributed by atoms with van der Waals surface area (Å²) in [5.74, 6) is 0. The smallest absolute Gasteiger partial charge is 0.0181 e. The summed E-state index contributed by atoms with van der Waals surface area (Å²) < 4.78 is 1.16. The van der Waals surface area contributed by atoms with Gasteiger partial charge in [-0.3, -0.25) is 0 Å². The van der Waals surface area contributed by atoms with Gasteiger partial charge in [0.15, 0.2) is 0 Å². The van der Waals surface area contributed by atoms with Crippen molar-refractivity contribution in [3.8, 4) is 0 Å². The van der Waals surface area contributed by atoms with Crippen molar-refractivity contribution < 1.29 is 0 Å². The van der Waals surface area contributed by atoms with Gasteiger partial charge in [-0.05, 0) is 63.3 Å². The van der Waals surface area contributed by atoms with Crippen LogP contribution in [0.1, 0.15) is 51.7 Å². The van der Waals surface area contributed by atoms with E-state index in [9.17, 15) is 0 Å². The minimum absolute atomic E-state index is 0.176. The Labute approximate surface area is 147 Å². The van der Waals surface area contributed by atoms with Crippen LogP contribution in [0, 0.1) is 5.41 Å². The van der Waals surface area contributed by atoms with E-state index in [-0.39, 0.29) is 10.8 Å². The van der Waals surface area contributed by atoms with Crippen molar-refractivity contribution >= 4 is 32.3 Å². The molecule has 0 radical (unpaired) electrons. The molecule has 2 aliphatic carbocycles. The predicted octanol–water partition coefficient (Wildman–Crippen LogP) is 7.02. The molecule has 0 aliphatic heterocycles. The number of allylic oxidation sites excluding steroid dienone is 4. The molecule has 4 rings (SSSR count). The van der Waals surface area contributed by atoms with Crippen LogP contribution in [0.2, 0.25) is 0 Å². The molecular formula is C22H23Br. The second-order valence-corrected chi connectivity index (χ2v) is 9.35. The quantitative estimate of drug-likeness (QED) is 0.469. The molecule has 0 aromatic heterocycles. The summed E-state index contributed by atoms with van der Waals surface area (Å²) in [7, 11) is 0. The highest BCUT2D eigenvalue weighted by Gasteiger charge is 2.36. The van der Waals surface area contributed by atoms with Crippen LogP contribution in [-0.2, 0) is 5.41 Å². The Bertz CT molecular complexity index is 878. The van der Waals surface area contributed by atoms with Crippen LogP contribution < -0.4 is 0 Å². The van der Waals surface area contributed by atoms with Crippen molar-refractivity contribution in [3.05, 3.63) is 63.7 Å². The van der Waals surface area contributed by atoms with Gasteiger partial charge in [0, 0.05) is 4.47 Å². The molecule has 2 aromatic carbocycles. The Morgan fingerprint density at radius 1 is 0.957 bits per heavy atom. The average Bonchev–Trinajstić information content (AvgIpc) is 2.44. The third-order valence-electron chi connectivity index (χ3n) is 5.36. The molecule has 0 saturated carbocycles. The maximum Gasteiger partial charge on any atom is 0.0181 e. The van der Waals surface area contributed by atoms with Gasteiger partial charge in [0.05, 0.1) is 0 Å². The maximum atomic E-state index is 3.66. The SMILES string of the molecule is CC1(C)C=CC2=C(C1)CC(C)(C)c1c2ccc2ccc(Br)cc12. The minimum Gasteiger partial charge on any atom is -0.0779 e. The number of hydrogen-bond donors (Lipinski definition) is 0. The molecule has 2 aliphatic rings. The summed E-state index contributed by atoms with van der Waals surface area (Å²) in [4.78, 5) is 0. The van der Waals surface area contributed by atoms with Crippen LogP contribution in [0.25, 0.3) is 16.3 Å². The Balaban J connectivity index is 2.04. The van der Waals surface area contributed by atoms with Crippen LogP contribution in [0.4, 0.5) is 0 Å². The van der Waals surface area contributed by atoms with Crippen LogP contribution >= 0.6 is 15.9 Å². The molecule has 0 nitrogen and oxygen atoms in total. The fourth-order valence-electron chi connectivity index (χ4n) is 4.44. The van der Waals surface area contributed by atoms with Gasteiger partial charge in [0.2, 0.25) is 0 Å². The van der Waals surface area contributed by atoms with Gasteiger partial charge in [0.25, 0.3) is 0 Å². The Morgan fingerprint density at radius 3 is 2.48 bits per heavy atom. The summed E-state index contributed by atoms with van der Waals surface area (Å²) in [6, 6.07) is 11.3. The Kier molecular flexibility index (Phi) is 3.19. The van der Waals surface area contributed by atoms with Crippen molar-refractivity contribution in [2.45, 2.75) is 46.0 Å². The third-order valence-corrected chi connectivity index (χ3v) is 5.85. The molecule has 0 amide bonds. The highest BCUT2D eigenvalue weighted by molar-refractivity contribution is 9.10. The molecule has 0 N–H and O–H groups in total. The minimum atomic E-state index is 0.176. The normalized spacial score (nSPS) is 21.3. The molecule has 0 saturated heterocycles. The lowest BCUT2D eigenvalue weighted by molar-refractivity contribution is 0.429. The van der Waals surface area contributed by atoms with Crippen LogP contribution in [0.3, 0.4) is 0 Å². The molecule has 0 spiro atoms. The summed E-state index contributed by atoms with van der Waals surface area (Å²) in [6.07, 6.45) is 7.10. The van der Waals surface area contributed by atoms with E-state index < -0.39 is 0 Å². The van der Waals surface area contributed by atoms with Crippen LogP contribution in [0.15, 0.2) is 52.5 Å². The van der Waals surface area contributed by atoms with Gasteiger partial charge < -0.3 is 0 Å². The summed E-state index contributed by atoms with van der Waals surface area (Å²) in [5, 5.41) is 2.73. The van der Waals surface area contributed by atoms with Crippen molar-refractivity contribution in [1.82, 2.24) is 0 Å². The highest BCUT2D eigenvalue weighted by atomic mass is 79.9.